The largest absolute Gasteiger partial charge is 0.478 e. The van der Waals surface area contributed by atoms with Crippen LogP contribution in [0.3, 0.4) is 0 Å². The number of aliphatic hydroxyl groups is 1. The molecular weight excluding hydrogens is 298 g/mol. The van der Waals surface area contributed by atoms with Gasteiger partial charge in [0.15, 0.2) is 0 Å². The van der Waals surface area contributed by atoms with E-state index < -0.39 is 5.97 Å². The number of hydrogen-bond donors (Lipinski definition) is 3. The van der Waals surface area contributed by atoms with E-state index in [1.807, 2.05) is 6.07 Å². The fourth-order valence-electron chi connectivity index (χ4n) is 2.03. The Morgan fingerprint density at radius 3 is 2.67 bits per heavy atom. The molecule has 5 heteroatoms. The maximum absolute atomic E-state index is 10.9. The second kappa shape index (κ2) is 5.28. The van der Waals surface area contributed by atoms with Crippen LogP contribution in [0.15, 0.2) is 22.7 Å². The zero-order chi connectivity index (χ0) is 13.2. The molecular formula is C13H16BrNO3. The van der Waals surface area contributed by atoms with E-state index in [0.29, 0.717) is 0 Å². The van der Waals surface area contributed by atoms with Crippen LogP contribution in [0, 0.1) is 5.41 Å². The quantitative estimate of drug-likeness (QED) is 0.755. The molecule has 0 aliphatic heterocycles. The third kappa shape index (κ3) is 3.23. The van der Waals surface area contributed by atoms with Crippen molar-refractivity contribution >= 4 is 27.6 Å². The van der Waals surface area contributed by atoms with Crippen LogP contribution in [0.25, 0.3) is 0 Å². The zero-order valence-electron chi connectivity index (χ0n) is 9.95. The Bertz CT molecular complexity index is 458. The van der Waals surface area contributed by atoms with Crippen molar-refractivity contribution < 1.29 is 15.0 Å². The van der Waals surface area contributed by atoms with Crippen molar-refractivity contribution in [2.24, 2.45) is 5.41 Å². The number of benzene rings is 1. The highest BCUT2D eigenvalue weighted by atomic mass is 79.9. The van der Waals surface area contributed by atoms with Crippen molar-refractivity contribution in [3.63, 3.8) is 0 Å². The summed E-state index contributed by atoms with van der Waals surface area (Å²) in [4.78, 5) is 10.9. The number of carbonyl (C=O) groups is 1. The van der Waals surface area contributed by atoms with Crippen LogP contribution < -0.4 is 5.32 Å². The van der Waals surface area contributed by atoms with E-state index in [-0.39, 0.29) is 17.6 Å². The van der Waals surface area contributed by atoms with Gasteiger partial charge in [-0.2, -0.15) is 0 Å². The summed E-state index contributed by atoms with van der Waals surface area (Å²) in [6.45, 7) is 0.990. The molecule has 0 unspecified atom stereocenters. The van der Waals surface area contributed by atoms with E-state index in [2.05, 4.69) is 21.2 Å². The molecule has 1 aromatic carbocycles. The van der Waals surface area contributed by atoms with Gasteiger partial charge in [0.05, 0.1) is 5.56 Å². The molecule has 0 saturated heterocycles. The van der Waals surface area contributed by atoms with Crippen molar-refractivity contribution in [3.05, 3.63) is 28.2 Å². The summed E-state index contributed by atoms with van der Waals surface area (Å²) in [6, 6.07) is 5.07. The molecule has 18 heavy (non-hydrogen) atoms. The molecule has 1 aliphatic rings. The lowest BCUT2D eigenvalue weighted by Crippen LogP contribution is -2.17. The Kier molecular flexibility index (Phi) is 3.92. The number of rotatable bonds is 6. The van der Waals surface area contributed by atoms with Crippen molar-refractivity contribution in [2.75, 3.05) is 18.5 Å². The third-order valence-electron chi connectivity index (χ3n) is 3.41. The smallest absolute Gasteiger partial charge is 0.335 e. The maximum Gasteiger partial charge on any atom is 0.335 e. The predicted molar refractivity (Wildman–Crippen MR) is 73.0 cm³/mol. The molecule has 1 saturated carbocycles. The lowest BCUT2D eigenvalue weighted by atomic mass is 10.0. The van der Waals surface area contributed by atoms with Crippen LogP contribution >= 0.6 is 15.9 Å². The van der Waals surface area contributed by atoms with E-state index in [0.717, 1.165) is 36.0 Å². The molecule has 0 spiro atoms. The molecule has 1 aromatic rings. The SMILES string of the molecule is O=C(O)c1cc(Br)cc(NCC2(CCO)CC2)c1. The van der Waals surface area contributed by atoms with E-state index in [1.165, 1.54) is 0 Å². The third-order valence-corrected chi connectivity index (χ3v) is 3.87. The van der Waals surface area contributed by atoms with Gasteiger partial charge in [0.25, 0.3) is 0 Å². The van der Waals surface area contributed by atoms with Gasteiger partial charge >= 0.3 is 5.97 Å². The Morgan fingerprint density at radius 2 is 2.11 bits per heavy atom. The molecule has 0 bridgehead atoms. The molecule has 0 atom stereocenters. The van der Waals surface area contributed by atoms with Crippen LogP contribution in [0.1, 0.15) is 29.6 Å². The van der Waals surface area contributed by atoms with Crippen molar-refractivity contribution in [1.29, 1.82) is 0 Å². The van der Waals surface area contributed by atoms with Gasteiger partial charge in [0, 0.05) is 23.3 Å². The number of carboxylic acids is 1. The molecule has 0 aromatic heterocycles. The monoisotopic (exact) mass is 313 g/mol. The highest BCUT2D eigenvalue weighted by Gasteiger charge is 2.41. The number of carboxylic acid groups (broad SMARTS) is 1. The van der Waals surface area contributed by atoms with Crippen molar-refractivity contribution in [3.8, 4) is 0 Å². The number of hydrogen-bond acceptors (Lipinski definition) is 3. The summed E-state index contributed by atoms with van der Waals surface area (Å²) in [5.74, 6) is -0.934. The first-order valence-corrected chi connectivity index (χ1v) is 6.73. The minimum atomic E-state index is -0.934. The van der Waals surface area contributed by atoms with Crippen LogP contribution in [0.5, 0.6) is 0 Å². The minimum Gasteiger partial charge on any atom is -0.478 e. The lowest BCUT2D eigenvalue weighted by molar-refractivity contribution is 0.0697. The topological polar surface area (TPSA) is 69.6 Å². The molecule has 0 heterocycles. The number of halogens is 1. The molecule has 1 aliphatic carbocycles. The second-order valence-electron chi connectivity index (χ2n) is 4.86. The summed E-state index contributed by atoms with van der Waals surface area (Å²) < 4.78 is 0.747. The van der Waals surface area contributed by atoms with Gasteiger partial charge in [-0.05, 0) is 42.9 Å². The average molecular weight is 314 g/mol. The summed E-state index contributed by atoms with van der Waals surface area (Å²) in [6.07, 6.45) is 3.06. The van der Waals surface area contributed by atoms with Gasteiger partial charge in [-0.3, -0.25) is 0 Å². The van der Waals surface area contributed by atoms with E-state index >= 15 is 0 Å². The van der Waals surface area contributed by atoms with Gasteiger partial charge in [0.2, 0.25) is 0 Å². The van der Waals surface area contributed by atoms with E-state index in [9.17, 15) is 4.79 Å². The van der Waals surface area contributed by atoms with E-state index in [1.54, 1.807) is 12.1 Å². The molecule has 0 amide bonds. The predicted octanol–water partition coefficient (Wildman–Crippen LogP) is 2.72. The second-order valence-corrected chi connectivity index (χ2v) is 5.78. The molecule has 4 nitrogen and oxygen atoms in total. The van der Waals surface area contributed by atoms with Crippen LogP contribution in [0.4, 0.5) is 5.69 Å². The molecule has 1 fully saturated rings. The standard InChI is InChI=1S/C13H16BrNO3/c14-10-5-9(12(17)18)6-11(7-10)15-8-13(1-2-13)3-4-16/h5-7,15-16H,1-4,8H2,(H,17,18). The first-order valence-electron chi connectivity index (χ1n) is 5.93. The normalized spacial score (nSPS) is 16.3. The van der Waals surface area contributed by atoms with Crippen molar-refractivity contribution in [2.45, 2.75) is 19.3 Å². The Morgan fingerprint density at radius 1 is 1.39 bits per heavy atom. The Balaban J connectivity index is 2.03. The maximum atomic E-state index is 10.9. The van der Waals surface area contributed by atoms with Crippen LogP contribution in [-0.4, -0.2) is 29.3 Å². The molecule has 2 rings (SSSR count). The summed E-state index contributed by atoms with van der Waals surface area (Å²) in [7, 11) is 0. The molecule has 3 N–H and O–H groups in total. The van der Waals surface area contributed by atoms with Gasteiger partial charge in [-0.1, -0.05) is 15.9 Å². The van der Waals surface area contributed by atoms with Crippen LogP contribution in [0.2, 0.25) is 0 Å². The van der Waals surface area contributed by atoms with Gasteiger partial charge in [-0.15, -0.1) is 0 Å². The summed E-state index contributed by atoms with van der Waals surface area (Å²) >= 11 is 3.30. The summed E-state index contributed by atoms with van der Waals surface area (Å²) in [5, 5.41) is 21.2. The van der Waals surface area contributed by atoms with E-state index in [4.69, 9.17) is 10.2 Å². The molecule has 0 radical (unpaired) electrons. The fourth-order valence-corrected chi connectivity index (χ4v) is 2.53. The first-order chi connectivity index (χ1) is 8.54. The number of aliphatic hydroxyl groups excluding tert-OH is 1. The lowest BCUT2D eigenvalue weighted by Gasteiger charge is -2.16. The number of aromatic carboxylic acids is 1. The number of nitrogens with one attached hydrogen (secondary N) is 1. The number of anilines is 1. The first kappa shape index (κ1) is 13.4. The minimum absolute atomic E-state index is 0.209. The Hall–Kier alpha value is -1.07. The fraction of sp³-hybridized carbons (Fsp3) is 0.462. The highest BCUT2D eigenvalue weighted by molar-refractivity contribution is 9.10. The average Bonchev–Trinajstić information content (AvgIpc) is 3.07. The highest BCUT2D eigenvalue weighted by Crippen LogP contribution is 2.48. The molecule has 98 valence electrons. The zero-order valence-corrected chi connectivity index (χ0v) is 11.5. The Labute approximate surface area is 114 Å². The van der Waals surface area contributed by atoms with Crippen LogP contribution in [-0.2, 0) is 0 Å². The summed E-state index contributed by atoms with van der Waals surface area (Å²) in [5.41, 5.74) is 1.27. The van der Waals surface area contributed by atoms with Gasteiger partial charge < -0.3 is 15.5 Å². The van der Waals surface area contributed by atoms with Gasteiger partial charge in [0.1, 0.15) is 0 Å². The van der Waals surface area contributed by atoms with Gasteiger partial charge in [-0.25, -0.2) is 4.79 Å². The van der Waals surface area contributed by atoms with Crippen molar-refractivity contribution in [1.82, 2.24) is 0 Å².